The number of nitrogens with zero attached hydrogens (tertiary/aromatic N) is 7. The minimum absolute atomic E-state index is 0.0163. The van der Waals surface area contributed by atoms with Crippen LogP contribution in [0.1, 0.15) is 49.9 Å². The maximum atomic E-state index is 13.3. The molecule has 10 nitrogen and oxygen atoms in total. The Bertz CT molecular complexity index is 1550. The maximum absolute atomic E-state index is 13.3. The molecule has 1 aliphatic heterocycles. The standard InChI is InChI=1S/C27H30FN7O3/c1-18(34-23-4-2-3-19(23)14-30-34)13-24(36)32-11-9-27(38,10-12-32)16-33-17-29-25-22(26(33)37)15-31-35(25)21-7-5-20(28)6-8-21/h5-8,14-15,17-18,38H,2-4,9-13,16H2,1H3. The number of piperidine rings is 1. The highest BCUT2D eigenvalue weighted by molar-refractivity contribution is 5.77. The van der Waals surface area contributed by atoms with Crippen LogP contribution in [-0.4, -0.2) is 63.7 Å². The molecule has 11 heteroatoms. The quantitative estimate of drug-likeness (QED) is 0.419. The van der Waals surface area contributed by atoms with E-state index in [0.717, 1.165) is 19.3 Å². The molecule has 4 heterocycles. The molecule has 0 radical (unpaired) electrons. The van der Waals surface area contributed by atoms with Gasteiger partial charge in [0.05, 0.1) is 36.3 Å². The summed E-state index contributed by atoms with van der Waals surface area (Å²) in [5.74, 6) is -0.313. The molecule has 3 aromatic heterocycles. The van der Waals surface area contributed by atoms with Crippen LogP contribution in [0.5, 0.6) is 0 Å². The number of benzene rings is 1. The van der Waals surface area contributed by atoms with Gasteiger partial charge in [-0.15, -0.1) is 0 Å². The zero-order chi connectivity index (χ0) is 26.4. The molecule has 1 saturated heterocycles. The highest BCUT2D eigenvalue weighted by atomic mass is 19.1. The zero-order valence-corrected chi connectivity index (χ0v) is 21.3. The molecule has 198 valence electrons. The Labute approximate surface area is 218 Å². The molecule has 1 fully saturated rings. The van der Waals surface area contributed by atoms with Crippen molar-refractivity contribution >= 4 is 16.9 Å². The smallest absolute Gasteiger partial charge is 0.264 e. The average Bonchev–Trinajstić information content (AvgIpc) is 3.63. The van der Waals surface area contributed by atoms with Crippen LogP contribution in [0.25, 0.3) is 16.7 Å². The van der Waals surface area contributed by atoms with E-state index in [1.165, 1.54) is 45.2 Å². The maximum Gasteiger partial charge on any atom is 0.264 e. The van der Waals surface area contributed by atoms with Crippen LogP contribution in [-0.2, 0) is 24.2 Å². The molecule has 1 aliphatic carbocycles. The SMILES string of the molecule is CC(CC(=O)N1CCC(O)(Cn2cnc3c(cnn3-c3ccc(F)cc3)c2=O)CC1)n1ncc2c1CCC2. The fourth-order valence-corrected chi connectivity index (χ4v) is 5.68. The molecule has 1 atom stereocenters. The molecule has 4 aromatic rings. The van der Waals surface area contributed by atoms with Gasteiger partial charge in [0.15, 0.2) is 5.65 Å². The first-order valence-corrected chi connectivity index (χ1v) is 13.1. The molecule has 1 N–H and O–H groups in total. The van der Waals surface area contributed by atoms with Crippen molar-refractivity contribution in [3.8, 4) is 5.69 Å². The summed E-state index contributed by atoms with van der Waals surface area (Å²) in [4.78, 5) is 32.4. The van der Waals surface area contributed by atoms with Crippen LogP contribution in [0, 0.1) is 5.82 Å². The van der Waals surface area contributed by atoms with E-state index in [-0.39, 0.29) is 29.9 Å². The largest absolute Gasteiger partial charge is 0.388 e. The van der Waals surface area contributed by atoms with E-state index in [1.807, 2.05) is 17.8 Å². The van der Waals surface area contributed by atoms with E-state index in [1.54, 1.807) is 17.0 Å². The van der Waals surface area contributed by atoms with Gasteiger partial charge in [-0.1, -0.05) is 0 Å². The molecule has 1 aromatic carbocycles. The fraction of sp³-hybridized carbons (Fsp3) is 0.444. The summed E-state index contributed by atoms with van der Waals surface area (Å²) in [5.41, 5.74) is 2.05. The molecular formula is C27H30FN7O3. The third-order valence-corrected chi connectivity index (χ3v) is 7.87. The number of halogens is 1. The van der Waals surface area contributed by atoms with Crippen molar-refractivity contribution in [1.29, 1.82) is 0 Å². The second-order valence-electron chi connectivity index (χ2n) is 10.5. The van der Waals surface area contributed by atoms with Gasteiger partial charge in [-0.2, -0.15) is 10.2 Å². The first-order valence-electron chi connectivity index (χ1n) is 13.1. The fourth-order valence-electron chi connectivity index (χ4n) is 5.68. The number of hydrogen-bond acceptors (Lipinski definition) is 6. The number of fused-ring (bicyclic) bond motifs is 2. The third kappa shape index (κ3) is 4.40. The number of aliphatic hydroxyl groups is 1. The van der Waals surface area contributed by atoms with E-state index in [4.69, 9.17) is 0 Å². The van der Waals surface area contributed by atoms with Gasteiger partial charge in [-0.05, 0) is 68.9 Å². The Hall–Kier alpha value is -3.86. The second-order valence-corrected chi connectivity index (χ2v) is 10.5. The second kappa shape index (κ2) is 9.46. The molecule has 2 aliphatic rings. The number of likely N-dealkylation sites (tertiary alicyclic amines) is 1. The summed E-state index contributed by atoms with van der Waals surface area (Å²) in [6.07, 6.45) is 9.07. The van der Waals surface area contributed by atoms with Gasteiger partial charge in [0.25, 0.3) is 5.56 Å². The summed E-state index contributed by atoms with van der Waals surface area (Å²) >= 11 is 0. The molecular weight excluding hydrogens is 489 g/mol. The monoisotopic (exact) mass is 519 g/mol. The minimum atomic E-state index is -1.13. The van der Waals surface area contributed by atoms with Gasteiger partial charge in [0.1, 0.15) is 17.5 Å². The number of aromatic nitrogens is 6. The van der Waals surface area contributed by atoms with E-state index in [9.17, 15) is 19.1 Å². The van der Waals surface area contributed by atoms with Crippen LogP contribution in [0.4, 0.5) is 4.39 Å². The summed E-state index contributed by atoms with van der Waals surface area (Å²) in [6.45, 7) is 2.95. The van der Waals surface area contributed by atoms with Gasteiger partial charge in [0, 0.05) is 25.2 Å². The minimum Gasteiger partial charge on any atom is -0.388 e. The number of hydrogen-bond donors (Lipinski definition) is 1. The zero-order valence-electron chi connectivity index (χ0n) is 21.3. The van der Waals surface area contributed by atoms with Crippen molar-refractivity contribution in [2.45, 2.75) is 63.6 Å². The Kier molecular flexibility index (Phi) is 6.10. The number of aryl methyl sites for hydroxylation is 1. The topological polar surface area (TPSA) is 111 Å². The summed E-state index contributed by atoms with van der Waals surface area (Å²) in [7, 11) is 0. The van der Waals surface area contributed by atoms with Gasteiger partial charge >= 0.3 is 0 Å². The normalized spacial score (nSPS) is 17.6. The van der Waals surface area contributed by atoms with Crippen molar-refractivity contribution in [1.82, 2.24) is 34.0 Å². The molecule has 0 saturated carbocycles. The van der Waals surface area contributed by atoms with Crippen LogP contribution >= 0.6 is 0 Å². The molecule has 1 amide bonds. The number of carbonyl (C=O) groups is 1. The highest BCUT2D eigenvalue weighted by Crippen LogP contribution is 2.28. The Balaban J connectivity index is 1.11. The first kappa shape index (κ1) is 24.5. The van der Waals surface area contributed by atoms with Crippen LogP contribution < -0.4 is 5.56 Å². The van der Waals surface area contributed by atoms with Crippen molar-refractivity contribution in [2.24, 2.45) is 0 Å². The van der Waals surface area contributed by atoms with Crippen molar-refractivity contribution in [3.05, 3.63) is 70.4 Å². The van der Waals surface area contributed by atoms with Crippen molar-refractivity contribution < 1.29 is 14.3 Å². The van der Waals surface area contributed by atoms with Crippen molar-refractivity contribution in [2.75, 3.05) is 13.1 Å². The lowest BCUT2D eigenvalue weighted by Gasteiger charge is -2.38. The average molecular weight is 520 g/mol. The lowest BCUT2D eigenvalue weighted by molar-refractivity contribution is -0.136. The Morgan fingerprint density at radius 2 is 1.89 bits per heavy atom. The third-order valence-electron chi connectivity index (χ3n) is 7.87. The van der Waals surface area contributed by atoms with Gasteiger partial charge < -0.3 is 10.0 Å². The van der Waals surface area contributed by atoms with Gasteiger partial charge in [-0.3, -0.25) is 18.8 Å². The number of carbonyl (C=O) groups excluding carboxylic acids is 1. The molecule has 0 spiro atoms. The number of rotatable bonds is 6. The summed E-state index contributed by atoms with van der Waals surface area (Å²) < 4.78 is 18.2. The molecule has 0 bridgehead atoms. The van der Waals surface area contributed by atoms with Crippen LogP contribution in [0.3, 0.4) is 0 Å². The summed E-state index contributed by atoms with van der Waals surface area (Å²) in [5, 5.41) is 20.3. The predicted octanol–water partition coefficient (Wildman–Crippen LogP) is 2.41. The van der Waals surface area contributed by atoms with E-state index < -0.39 is 5.60 Å². The molecule has 1 unspecified atom stereocenters. The Morgan fingerprint density at radius 3 is 2.66 bits per heavy atom. The van der Waals surface area contributed by atoms with E-state index >= 15 is 0 Å². The molecule has 6 rings (SSSR count). The Morgan fingerprint density at radius 1 is 1.13 bits per heavy atom. The molecule has 38 heavy (non-hydrogen) atoms. The lowest BCUT2D eigenvalue weighted by Crippen LogP contribution is -2.49. The van der Waals surface area contributed by atoms with E-state index in [0.29, 0.717) is 49.1 Å². The first-order chi connectivity index (χ1) is 18.3. The highest BCUT2D eigenvalue weighted by Gasteiger charge is 2.35. The van der Waals surface area contributed by atoms with Gasteiger partial charge in [-0.25, -0.2) is 14.1 Å². The van der Waals surface area contributed by atoms with Crippen LogP contribution in [0.2, 0.25) is 0 Å². The summed E-state index contributed by atoms with van der Waals surface area (Å²) in [6, 6.07) is 5.75. The van der Waals surface area contributed by atoms with E-state index in [2.05, 4.69) is 15.2 Å². The number of amides is 1. The predicted molar refractivity (Wildman–Crippen MR) is 137 cm³/mol. The van der Waals surface area contributed by atoms with Gasteiger partial charge in [0.2, 0.25) is 5.91 Å². The van der Waals surface area contributed by atoms with Crippen molar-refractivity contribution in [3.63, 3.8) is 0 Å². The lowest BCUT2D eigenvalue weighted by atomic mass is 9.91. The van der Waals surface area contributed by atoms with Crippen LogP contribution in [0.15, 0.2) is 47.8 Å².